The smallest absolute Gasteiger partial charge is 0.168 e. The zero-order chi connectivity index (χ0) is 16.5. The molecule has 0 aliphatic carbocycles. The van der Waals surface area contributed by atoms with Crippen molar-refractivity contribution in [2.75, 3.05) is 37.6 Å². The first-order chi connectivity index (χ1) is 11.8. The molecule has 124 valence electrons. The van der Waals surface area contributed by atoms with Gasteiger partial charge in [-0.2, -0.15) is 5.10 Å². The van der Waals surface area contributed by atoms with Gasteiger partial charge < -0.3 is 9.80 Å². The Morgan fingerprint density at radius 3 is 2.50 bits per heavy atom. The minimum Gasteiger partial charge on any atom is -0.353 e. The van der Waals surface area contributed by atoms with Crippen molar-refractivity contribution in [1.82, 2.24) is 24.6 Å². The normalized spacial score (nSPS) is 16.0. The van der Waals surface area contributed by atoms with Crippen LogP contribution in [0.2, 0.25) is 0 Å². The third-order valence-corrected chi connectivity index (χ3v) is 4.54. The number of hydrogen-bond acceptors (Lipinski definition) is 5. The van der Waals surface area contributed by atoms with Gasteiger partial charge in [-0.25, -0.2) is 19.0 Å². The van der Waals surface area contributed by atoms with E-state index in [1.807, 2.05) is 0 Å². The van der Waals surface area contributed by atoms with E-state index in [1.165, 1.54) is 12.1 Å². The van der Waals surface area contributed by atoms with Gasteiger partial charge in [-0.05, 0) is 30.8 Å². The van der Waals surface area contributed by atoms with Gasteiger partial charge >= 0.3 is 0 Å². The summed E-state index contributed by atoms with van der Waals surface area (Å²) in [5.41, 5.74) is 1.52. The Kier molecular flexibility index (Phi) is 3.86. The second-order valence-corrected chi connectivity index (χ2v) is 5.89. The minimum atomic E-state index is -0.265. The van der Waals surface area contributed by atoms with E-state index in [-0.39, 0.29) is 5.82 Å². The fraction of sp³-hybridized carbons (Fsp3) is 0.353. The van der Waals surface area contributed by atoms with Gasteiger partial charge in [0.1, 0.15) is 18.0 Å². The van der Waals surface area contributed by atoms with Crippen molar-refractivity contribution in [3.05, 3.63) is 42.6 Å². The molecule has 6 nitrogen and oxygen atoms in total. The number of nitrogens with zero attached hydrogens (tertiary/aromatic N) is 6. The molecule has 3 aromatic rings. The molecule has 0 saturated carbocycles. The Morgan fingerprint density at radius 2 is 1.79 bits per heavy atom. The third kappa shape index (κ3) is 2.60. The lowest BCUT2D eigenvalue weighted by atomic mass is 10.2. The standard InChI is InChI=1S/C17H19FN6/c1-2-22-7-9-23(10-8-22)16-15-11-21-24(17(15)20-12-19-16)14-5-3-13(18)4-6-14/h3-6,11-12H,2,7-10H2,1H3. The maximum absolute atomic E-state index is 13.1. The van der Waals surface area contributed by atoms with Crippen molar-refractivity contribution >= 4 is 16.9 Å². The first-order valence-electron chi connectivity index (χ1n) is 8.18. The molecular weight excluding hydrogens is 307 g/mol. The highest BCUT2D eigenvalue weighted by Gasteiger charge is 2.20. The molecule has 2 aromatic heterocycles. The monoisotopic (exact) mass is 326 g/mol. The van der Waals surface area contributed by atoms with E-state index in [0.717, 1.165) is 55.3 Å². The third-order valence-electron chi connectivity index (χ3n) is 4.54. The summed E-state index contributed by atoms with van der Waals surface area (Å²) in [6, 6.07) is 6.25. The van der Waals surface area contributed by atoms with Gasteiger partial charge in [0.15, 0.2) is 5.65 Å². The topological polar surface area (TPSA) is 50.1 Å². The number of likely N-dealkylation sites (N-methyl/N-ethyl adjacent to an activating group) is 1. The number of rotatable bonds is 3. The molecule has 4 rings (SSSR count). The molecule has 1 aliphatic heterocycles. The summed E-state index contributed by atoms with van der Waals surface area (Å²) in [6.45, 7) is 7.23. The van der Waals surface area contributed by atoms with Gasteiger partial charge in [-0.15, -0.1) is 0 Å². The molecule has 0 N–H and O–H groups in total. The van der Waals surface area contributed by atoms with Gasteiger partial charge in [0.05, 0.1) is 17.3 Å². The molecule has 0 bridgehead atoms. The molecule has 0 unspecified atom stereocenters. The molecule has 1 fully saturated rings. The lowest BCUT2D eigenvalue weighted by Crippen LogP contribution is -2.46. The fourth-order valence-corrected chi connectivity index (χ4v) is 3.13. The molecule has 0 atom stereocenters. The SMILES string of the molecule is CCN1CCN(c2ncnc3c2cnn3-c2ccc(F)cc2)CC1. The molecular formula is C17H19FN6. The molecule has 1 aromatic carbocycles. The highest BCUT2D eigenvalue weighted by Crippen LogP contribution is 2.25. The van der Waals surface area contributed by atoms with Crippen molar-refractivity contribution in [2.45, 2.75) is 6.92 Å². The number of piperazine rings is 1. The summed E-state index contributed by atoms with van der Waals surface area (Å²) in [4.78, 5) is 13.6. The Morgan fingerprint density at radius 1 is 1.04 bits per heavy atom. The van der Waals surface area contributed by atoms with E-state index in [0.29, 0.717) is 0 Å². The number of fused-ring (bicyclic) bond motifs is 1. The van der Waals surface area contributed by atoms with Crippen LogP contribution >= 0.6 is 0 Å². The van der Waals surface area contributed by atoms with Crippen LogP contribution < -0.4 is 4.90 Å². The molecule has 1 aliphatic rings. The summed E-state index contributed by atoms with van der Waals surface area (Å²) in [7, 11) is 0. The maximum atomic E-state index is 13.1. The van der Waals surface area contributed by atoms with E-state index in [4.69, 9.17) is 0 Å². The van der Waals surface area contributed by atoms with Crippen LogP contribution in [0.5, 0.6) is 0 Å². The average Bonchev–Trinajstić information content (AvgIpc) is 3.07. The molecule has 3 heterocycles. The lowest BCUT2D eigenvalue weighted by molar-refractivity contribution is 0.271. The summed E-state index contributed by atoms with van der Waals surface area (Å²) in [5.74, 6) is 0.656. The summed E-state index contributed by atoms with van der Waals surface area (Å²) < 4.78 is 14.9. The minimum absolute atomic E-state index is 0.265. The van der Waals surface area contributed by atoms with E-state index in [2.05, 4.69) is 31.8 Å². The predicted octanol–water partition coefficient (Wildman–Crippen LogP) is 2.10. The van der Waals surface area contributed by atoms with Crippen LogP contribution in [0, 0.1) is 5.82 Å². The highest BCUT2D eigenvalue weighted by molar-refractivity contribution is 5.87. The number of hydrogen-bond donors (Lipinski definition) is 0. The van der Waals surface area contributed by atoms with Crippen molar-refractivity contribution < 1.29 is 4.39 Å². The van der Waals surface area contributed by atoms with Crippen LogP contribution in [0.25, 0.3) is 16.7 Å². The number of halogens is 1. The van der Waals surface area contributed by atoms with Crippen molar-refractivity contribution in [3.63, 3.8) is 0 Å². The summed E-state index contributed by atoms with van der Waals surface area (Å²) in [6.07, 6.45) is 3.37. The highest BCUT2D eigenvalue weighted by atomic mass is 19.1. The second-order valence-electron chi connectivity index (χ2n) is 5.89. The summed E-state index contributed by atoms with van der Waals surface area (Å²) in [5, 5.41) is 5.36. The predicted molar refractivity (Wildman–Crippen MR) is 90.9 cm³/mol. The van der Waals surface area contributed by atoms with Crippen LogP contribution in [-0.4, -0.2) is 57.4 Å². The van der Waals surface area contributed by atoms with Crippen LogP contribution in [0.1, 0.15) is 6.92 Å². The van der Waals surface area contributed by atoms with Crippen LogP contribution in [-0.2, 0) is 0 Å². The van der Waals surface area contributed by atoms with Gasteiger partial charge in [0.2, 0.25) is 0 Å². The Balaban J connectivity index is 1.70. The Hall–Kier alpha value is -2.54. The van der Waals surface area contributed by atoms with Gasteiger partial charge in [-0.3, -0.25) is 0 Å². The van der Waals surface area contributed by atoms with Crippen LogP contribution in [0.4, 0.5) is 10.2 Å². The van der Waals surface area contributed by atoms with Crippen molar-refractivity contribution in [1.29, 1.82) is 0 Å². The zero-order valence-electron chi connectivity index (χ0n) is 13.6. The number of anilines is 1. The van der Waals surface area contributed by atoms with Gasteiger partial charge in [-0.1, -0.05) is 6.92 Å². The van der Waals surface area contributed by atoms with Crippen LogP contribution in [0.3, 0.4) is 0 Å². The quantitative estimate of drug-likeness (QED) is 0.738. The molecule has 1 saturated heterocycles. The lowest BCUT2D eigenvalue weighted by Gasteiger charge is -2.34. The molecule has 0 spiro atoms. The molecule has 0 amide bonds. The summed E-state index contributed by atoms with van der Waals surface area (Å²) >= 11 is 0. The van der Waals surface area contributed by atoms with Gasteiger partial charge in [0, 0.05) is 26.2 Å². The molecule has 7 heteroatoms. The average molecular weight is 326 g/mol. The first kappa shape index (κ1) is 15.0. The van der Waals surface area contributed by atoms with E-state index in [1.54, 1.807) is 29.3 Å². The van der Waals surface area contributed by atoms with Crippen molar-refractivity contribution in [2.24, 2.45) is 0 Å². The second kappa shape index (κ2) is 6.16. The fourth-order valence-electron chi connectivity index (χ4n) is 3.13. The number of benzene rings is 1. The number of aromatic nitrogens is 4. The maximum Gasteiger partial charge on any atom is 0.168 e. The van der Waals surface area contributed by atoms with Crippen molar-refractivity contribution in [3.8, 4) is 5.69 Å². The van der Waals surface area contributed by atoms with E-state index >= 15 is 0 Å². The molecule has 0 radical (unpaired) electrons. The Bertz CT molecular complexity index is 836. The zero-order valence-corrected chi connectivity index (χ0v) is 13.6. The van der Waals surface area contributed by atoms with Crippen LogP contribution in [0.15, 0.2) is 36.8 Å². The Labute approximate surface area is 139 Å². The first-order valence-corrected chi connectivity index (χ1v) is 8.18. The van der Waals surface area contributed by atoms with E-state index < -0.39 is 0 Å². The van der Waals surface area contributed by atoms with Gasteiger partial charge in [0.25, 0.3) is 0 Å². The molecule has 24 heavy (non-hydrogen) atoms. The van der Waals surface area contributed by atoms with E-state index in [9.17, 15) is 4.39 Å². The largest absolute Gasteiger partial charge is 0.353 e.